The van der Waals surface area contributed by atoms with Gasteiger partial charge in [0.2, 0.25) is 0 Å². The minimum Gasteiger partial charge on any atom is -0.493 e. The SMILES string of the molecule is Cc1cc(OCC(C)C)c(C(O)CN2CCNCC2)cc1Cl. The summed E-state index contributed by atoms with van der Waals surface area (Å²) in [6.45, 7) is 11.3. The number of β-amino-alcohol motifs (C(OH)–C–C–N with tert-alkyl or cyclic N) is 1. The Morgan fingerprint density at radius 3 is 2.64 bits per heavy atom. The van der Waals surface area contributed by atoms with E-state index in [1.807, 2.05) is 19.1 Å². The average molecular weight is 327 g/mol. The lowest BCUT2D eigenvalue weighted by Crippen LogP contribution is -2.45. The molecule has 2 N–H and O–H groups in total. The largest absolute Gasteiger partial charge is 0.493 e. The molecule has 0 saturated carbocycles. The van der Waals surface area contributed by atoms with Gasteiger partial charge in [0, 0.05) is 43.3 Å². The van der Waals surface area contributed by atoms with Crippen LogP contribution in [0.2, 0.25) is 5.02 Å². The van der Waals surface area contributed by atoms with Gasteiger partial charge >= 0.3 is 0 Å². The van der Waals surface area contributed by atoms with Gasteiger partial charge in [-0.15, -0.1) is 0 Å². The minimum atomic E-state index is -0.585. The van der Waals surface area contributed by atoms with Gasteiger partial charge in [-0.1, -0.05) is 25.4 Å². The first-order valence-electron chi connectivity index (χ1n) is 8.01. The summed E-state index contributed by atoms with van der Waals surface area (Å²) < 4.78 is 5.90. The van der Waals surface area contributed by atoms with Gasteiger partial charge in [-0.3, -0.25) is 4.90 Å². The van der Waals surface area contributed by atoms with Gasteiger partial charge in [0.05, 0.1) is 12.7 Å². The van der Waals surface area contributed by atoms with Gasteiger partial charge in [-0.05, 0) is 30.5 Å². The maximum absolute atomic E-state index is 10.6. The number of aliphatic hydroxyl groups is 1. The average Bonchev–Trinajstić information content (AvgIpc) is 2.49. The van der Waals surface area contributed by atoms with Crippen LogP contribution in [0.1, 0.15) is 31.1 Å². The topological polar surface area (TPSA) is 44.7 Å². The number of aliphatic hydroxyl groups excluding tert-OH is 1. The Hall–Kier alpha value is -0.810. The fraction of sp³-hybridized carbons (Fsp3) is 0.647. The van der Waals surface area contributed by atoms with Gasteiger partial charge in [-0.25, -0.2) is 0 Å². The zero-order valence-electron chi connectivity index (χ0n) is 13.7. The number of hydrogen-bond acceptors (Lipinski definition) is 4. The standard InChI is InChI=1S/C17H27ClN2O2/c1-12(2)11-22-17-8-13(3)15(18)9-14(17)16(21)10-20-6-4-19-5-7-20/h8-9,12,16,19,21H,4-7,10-11H2,1-3H3. The van der Waals surface area contributed by atoms with Gasteiger partial charge < -0.3 is 15.2 Å². The quantitative estimate of drug-likeness (QED) is 0.843. The Bertz CT molecular complexity index is 488. The highest BCUT2D eigenvalue weighted by Gasteiger charge is 2.20. The summed E-state index contributed by atoms with van der Waals surface area (Å²) in [5, 5.41) is 14.6. The molecule has 5 heteroatoms. The highest BCUT2D eigenvalue weighted by Crippen LogP contribution is 2.32. The van der Waals surface area contributed by atoms with Crippen LogP contribution in [0, 0.1) is 12.8 Å². The van der Waals surface area contributed by atoms with Crippen molar-refractivity contribution in [1.29, 1.82) is 0 Å². The fourth-order valence-corrected chi connectivity index (χ4v) is 2.72. The van der Waals surface area contributed by atoms with Crippen molar-refractivity contribution in [3.05, 3.63) is 28.3 Å². The summed E-state index contributed by atoms with van der Waals surface area (Å²) in [6, 6.07) is 3.78. The summed E-state index contributed by atoms with van der Waals surface area (Å²) in [5.74, 6) is 1.19. The molecule has 1 atom stereocenters. The molecule has 0 aromatic heterocycles. The van der Waals surface area contributed by atoms with Crippen LogP contribution < -0.4 is 10.1 Å². The zero-order chi connectivity index (χ0) is 16.1. The van der Waals surface area contributed by atoms with Crippen LogP contribution in [-0.4, -0.2) is 49.3 Å². The number of hydrogen-bond donors (Lipinski definition) is 2. The monoisotopic (exact) mass is 326 g/mol. The van der Waals surface area contributed by atoms with Crippen molar-refractivity contribution < 1.29 is 9.84 Å². The summed E-state index contributed by atoms with van der Waals surface area (Å²) >= 11 is 6.25. The van der Waals surface area contributed by atoms with E-state index in [0.29, 0.717) is 24.1 Å². The first kappa shape index (κ1) is 17.5. The van der Waals surface area contributed by atoms with Crippen molar-refractivity contribution in [2.45, 2.75) is 26.9 Å². The molecule has 1 unspecified atom stereocenters. The molecule has 0 radical (unpaired) electrons. The highest BCUT2D eigenvalue weighted by molar-refractivity contribution is 6.31. The molecule has 0 bridgehead atoms. The van der Waals surface area contributed by atoms with E-state index < -0.39 is 6.10 Å². The smallest absolute Gasteiger partial charge is 0.125 e. The predicted molar refractivity (Wildman–Crippen MR) is 90.8 cm³/mol. The molecule has 1 aliphatic heterocycles. The summed E-state index contributed by atoms with van der Waals surface area (Å²) in [6.07, 6.45) is -0.585. The van der Waals surface area contributed by atoms with Gasteiger partial charge in [0.1, 0.15) is 5.75 Å². The van der Waals surface area contributed by atoms with Crippen LogP contribution >= 0.6 is 11.6 Å². The van der Waals surface area contributed by atoms with E-state index in [-0.39, 0.29) is 0 Å². The van der Waals surface area contributed by atoms with Crippen LogP contribution in [0.4, 0.5) is 0 Å². The Kier molecular flexibility index (Phi) is 6.50. The molecule has 1 fully saturated rings. The molecule has 0 amide bonds. The Balaban J connectivity index is 2.13. The zero-order valence-corrected chi connectivity index (χ0v) is 14.5. The van der Waals surface area contributed by atoms with Crippen molar-refractivity contribution in [2.75, 3.05) is 39.3 Å². The maximum Gasteiger partial charge on any atom is 0.125 e. The molecule has 1 saturated heterocycles. The molecule has 124 valence electrons. The number of piperazine rings is 1. The number of nitrogens with zero attached hydrogens (tertiary/aromatic N) is 1. The van der Waals surface area contributed by atoms with Crippen molar-refractivity contribution in [2.24, 2.45) is 5.92 Å². The van der Waals surface area contributed by atoms with Crippen LogP contribution in [0.15, 0.2) is 12.1 Å². The number of aryl methyl sites for hydroxylation is 1. The first-order chi connectivity index (χ1) is 10.5. The van der Waals surface area contributed by atoms with Gasteiger partial charge in [-0.2, -0.15) is 0 Å². The van der Waals surface area contributed by atoms with Crippen LogP contribution in [0.3, 0.4) is 0 Å². The van der Waals surface area contributed by atoms with E-state index in [0.717, 1.165) is 43.1 Å². The first-order valence-corrected chi connectivity index (χ1v) is 8.39. The second kappa shape index (κ2) is 8.16. The lowest BCUT2D eigenvalue weighted by atomic mass is 10.0. The third kappa shape index (κ3) is 4.85. The van der Waals surface area contributed by atoms with Crippen LogP contribution in [0.5, 0.6) is 5.75 Å². The number of halogens is 1. The molecule has 0 aliphatic carbocycles. The molecule has 1 heterocycles. The fourth-order valence-electron chi connectivity index (χ4n) is 2.55. The third-order valence-corrected chi connectivity index (χ3v) is 4.27. The second-order valence-electron chi connectivity index (χ2n) is 6.41. The Labute approximate surface area is 138 Å². The molecule has 2 rings (SSSR count). The number of rotatable bonds is 6. The number of benzene rings is 1. The number of nitrogens with one attached hydrogen (secondary N) is 1. The van der Waals surface area contributed by atoms with E-state index in [1.54, 1.807) is 0 Å². The Morgan fingerprint density at radius 1 is 1.32 bits per heavy atom. The lowest BCUT2D eigenvalue weighted by Gasteiger charge is -2.29. The van der Waals surface area contributed by atoms with E-state index >= 15 is 0 Å². The molecule has 1 aromatic rings. The summed E-state index contributed by atoms with van der Waals surface area (Å²) in [5.41, 5.74) is 1.76. The molecular formula is C17H27ClN2O2. The lowest BCUT2D eigenvalue weighted by molar-refractivity contribution is 0.102. The highest BCUT2D eigenvalue weighted by atomic mass is 35.5. The van der Waals surface area contributed by atoms with E-state index in [4.69, 9.17) is 16.3 Å². The van der Waals surface area contributed by atoms with Gasteiger partial charge in [0.15, 0.2) is 0 Å². The van der Waals surface area contributed by atoms with Crippen LogP contribution in [-0.2, 0) is 0 Å². The number of ether oxygens (including phenoxy) is 1. The molecule has 1 aromatic carbocycles. The Morgan fingerprint density at radius 2 is 2.00 bits per heavy atom. The molecule has 1 aliphatic rings. The van der Waals surface area contributed by atoms with Crippen LogP contribution in [0.25, 0.3) is 0 Å². The summed E-state index contributed by atoms with van der Waals surface area (Å²) in [7, 11) is 0. The van der Waals surface area contributed by atoms with E-state index in [2.05, 4.69) is 24.1 Å². The molecule has 0 spiro atoms. The normalized spacial score (nSPS) is 17.7. The van der Waals surface area contributed by atoms with E-state index in [9.17, 15) is 5.11 Å². The molecule has 4 nitrogen and oxygen atoms in total. The van der Waals surface area contributed by atoms with Crippen molar-refractivity contribution in [3.8, 4) is 5.75 Å². The van der Waals surface area contributed by atoms with Crippen molar-refractivity contribution >= 4 is 11.6 Å². The van der Waals surface area contributed by atoms with E-state index in [1.165, 1.54) is 0 Å². The molecule has 22 heavy (non-hydrogen) atoms. The van der Waals surface area contributed by atoms with Gasteiger partial charge in [0.25, 0.3) is 0 Å². The minimum absolute atomic E-state index is 0.439. The maximum atomic E-state index is 10.6. The van der Waals surface area contributed by atoms with Crippen molar-refractivity contribution in [3.63, 3.8) is 0 Å². The second-order valence-corrected chi connectivity index (χ2v) is 6.82. The van der Waals surface area contributed by atoms with Crippen molar-refractivity contribution in [1.82, 2.24) is 10.2 Å². The summed E-state index contributed by atoms with van der Waals surface area (Å²) in [4.78, 5) is 2.27. The predicted octanol–water partition coefficient (Wildman–Crippen LogP) is 2.62. The molecular weight excluding hydrogens is 300 g/mol. The third-order valence-electron chi connectivity index (χ3n) is 3.86.